The van der Waals surface area contributed by atoms with Crippen molar-refractivity contribution in [1.82, 2.24) is 4.98 Å². The summed E-state index contributed by atoms with van der Waals surface area (Å²) < 4.78 is 0. The van der Waals surface area contributed by atoms with E-state index in [1.807, 2.05) is 48.5 Å². The normalized spacial score (nSPS) is 10.6. The minimum atomic E-state index is 0.0635. The maximum Gasteiger partial charge on any atom is 0.203 e. The van der Waals surface area contributed by atoms with Crippen LogP contribution in [0, 0.1) is 0 Å². The number of ketones is 1. The molecule has 3 rings (SSSR count). The van der Waals surface area contributed by atoms with E-state index < -0.39 is 0 Å². The second-order valence-corrected chi connectivity index (χ2v) is 4.73. The van der Waals surface area contributed by atoms with Gasteiger partial charge in [0.25, 0.3) is 0 Å². The number of hydrogen-bond acceptors (Lipinski definition) is 3. The van der Waals surface area contributed by atoms with Gasteiger partial charge in [-0.1, -0.05) is 36.4 Å². The van der Waals surface area contributed by atoms with Gasteiger partial charge in [-0.2, -0.15) is 0 Å². The Morgan fingerprint density at radius 1 is 1.06 bits per heavy atom. The number of hydrogen-bond donors (Lipinski definition) is 0. The van der Waals surface area contributed by atoms with Crippen LogP contribution in [0.1, 0.15) is 15.2 Å². The van der Waals surface area contributed by atoms with E-state index in [-0.39, 0.29) is 5.78 Å². The molecule has 0 atom stereocenters. The first-order valence-electron chi connectivity index (χ1n) is 5.29. The predicted octanol–water partition coefficient (Wildman–Crippen LogP) is 3.53. The third-order valence-electron chi connectivity index (χ3n) is 2.55. The van der Waals surface area contributed by atoms with Gasteiger partial charge in [0.2, 0.25) is 5.78 Å². The molecular weight excluding hydrogens is 230 g/mol. The van der Waals surface area contributed by atoms with Crippen LogP contribution in [0.3, 0.4) is 0 Å². The Bertz CT molecular complexity index is 640. The Labute approximate surface area is 103 Å². The van der Waals surface area contributed by atoms with Gasteiger partial charge in [-0.05, 0) is 12.1 Å². The number of carbonyl (C=O) groups excluding carboxylic acids is 1. The Kier molecular flexibility index (Phi) is 2.46. The van der Waals surface area contributed by atoms with Crippen molar-refractivity contribution < 1.29 is 4.79 Å². The number of fused-ring (bicyclic) bond motifs is 1. The number of benzene rings is 1. The molecule has 0 aliphatic rings. The van der Waals surface area contributed by atoms with E-state index in [9.17, 15) is 4.79 Å². The van der Waals surface area contributed by atoms with Gasteiger partial charge >= 0.3 is 0 Å². The van der Waals surface area contributed by atoms with Crippen molar-refractivity contribution >= 4 is 27.3 Å². The summed E-state index contributed by atoms with van der Waals surface area (Å²) in [6.45, 7) is 0. The molecule has 82 valence electrons. The second-order valence-electron chi connectivity index (χ2n) is 3.70. The summed E-state index contributed by atoms with van der Waals surface area (Å²) in [6.07, 6.45) is 1.75. The van der Waals surface area contributed by atoms with Crippen LogP contribution in [0.15, 0.2) is 54.7 Å². The third-order valence-corrected chi connectivity index (χ3v) is 3.61. The Balaban J connectivity index is 2.07. The van der Waals surface area contributed by atoms with Crippen molar-refractivity contribution in [3.05, 3.63) is 65.2 Å². The number of rotatable bonds is 2. The van der Waals surface area contributed by atoms with Crippen molar-refractivity contribution in [1.29, 1.82) is 0 Å². The zero-order valence-corrected chi connectivity index (χ0v) is 9.78. The van der Waals surface area contributed by atoms with Crippen LogP contribution in [-0.4, -0.2) is 10.8 Å². The lowest BCUT2D eigenvalue weighted by Crippen LogP contribution is -1.97. The van der Waals surface area contributed by atoms with Gasteiger partial charge in [-0.15, -0.1) is 11.3 Å². The van der Waals surface area contributed by atoms with E-state index >= 15 is 0 Å². The fourth-order valence-corrected chi connectivity index (χ4v) is 2.68. The van der Waals surface area contributed by atoms with Crippen LogP contribution in [0.25, 0.3) is 10.2 Å². The summed E-state index contributed by atoms with van der Waals surface area (Å²) in [5.74, 6) is 0.0635. The lowest BCUT2D eigenvalue weighted by atomic mass is 10.1. The number of carbonyl (C=O) groups is 1. The van der Waals surface area contributed by atoms with Gasteiger partial charge < -0.3 is 0 Å². The van der Waals surface area contributed by atoms with Crippen molar-refractivity contribution in [3.63, 3.8) is 0 Å². The molecule has 0 aliphatic heterocycles. The number of thiophene rings is 1. The zero-order valence-electron chi connectivity index (χ0n) is 8.96. The highest BCUT2D eigenvalue weighted by Crippen LogP contribution is 2.25. The maximum absolute atomic E-state index is 12.2. The van der Waals surface area contributed by atoms with Crippen LogP contribution < -0.4 is 0 Å². The molecule has 0 fully saturated rings. The van der Waals surface area contributed by atoms with Crippen LogP contribution in [0.2, 0.25) is 0 Å². The van der Waals surface area contributed by atoms with E-state index in [1.54, 1.807) is 6.20 Å². The summed E-state index contributed by atoms with van der Waals surface area (Å²) in [4.78, 5) is 18.1. The van der Waals surface area contributed by atoms with Crippen LogP contribution in [-0.2, 0) is 0 Å². The fourth-order valence-electron chi connectivity index (χ4n) is 1.72. The molecule has 1 aromatic carbocycles. The largest absolute Gasteiger partial charge is 0.288 e. The average Bonchev–Trinajstić information content (AvgIpc) is 2.82. The minimum Gasteiger partial charge on any atom is -0.288 e. The minimum absolute atomic E-state index is 0.0635. The van der Waals surface area contributed by atoms with E-state index in [1.165, 1.54) is 11.3 Å². The molecule has 0 N–H and O–H groups in total. The van der Waals surface area contributed by atoms with E-state index in [0.29, 0.717) is 0 Å². The molecular formula is C14H9NOS. The summed E-state index contributed by atoms with van der Waals surface area (Å²) in [5.41, 5.74) is 0.721. The fraction of sp³-hybridized carbons (Fsp3) is 0. The van der Waals surface area contributed by atoms with Gasteiger partial charge in [0.05, 0.1) is 4.88 Å². The van der Waals surface area contributed by atoms with Gasteiger partial charge in [0, 0.05) is 17.1 Å². The van der Waals surface area contributed by atoms with Gasteiger partial charge in [0.1, 0.15) is 4.83 Å². The molecule has 3 aromatic rings. The second kappa shape index (κ2) is 4.11. The third kappa shape index (κ3) is 1.85. The van der Waals surface area contributed by atoms with Crippen molar-refractivity contribution in [2.45, 2.75) is 0 Å². The molecule has 3 heteroatoms. The molecule has 0 saturated carbocycles. The smallest absolute Gasteiger partial charge is 0.203 e. The SMILES string of the molecule is O=C(c1ccccc1)c1cc2cccnc2s1. The summed E-state index contributed by atoms with van der Waals surface area (Å²) in [6, 6.07) is 15.1. The summed E-state index contributed by atoms with van der Waals surface area (Å²) in [7, 11) is 0. The van der Waals surface area contributed by atoms with Crippen LogP contribution in [0.5, 0.6) is 0 Å². The highest BCUT2D eigenvalue weighted by molar-refractivity contribution is 7.20. The summed E-state index contributed by atoms with van der Waals surface area (Å²) in [5, 5.41) is 1.02. The Morgan fingerprint density at radius 2 is 1.88 bits per heavy atom. The average molecular weight is 239 g/mol. The number of pyridine rings is 1. The quantitative estimate of drug-likeness (QED) is 0.640. The molecule has 0 unspecified atom stereocenters. The topological polar surface area (TPSA) is 30.0 Å². The molecule has 0 radical (unpaired) electrons. The zero-order chi connectivity index (χ0) is 11.7. The Morgan fingerprint density at radius 3 is 2.65 bits per heavy atom. The molecule has 0 saturated heterocycles. The molecule has 2 nitrogen and oxygen atoms in total. The molecule has 17 heavy (non-hydrogen) atoms. The molecule has 0 bridgehead atoms. The molecule has 0 spiro atoms. The summed E-state index contributed by atoms with van der Waals surface area (Å²) >= 11 is 1.44. The van der Waals surface area contributed by atoms with E-state index in [4.69, 9.17) is 0 Å². The molecule has 2 aromatic heterocycles. The molecule has 2 heterocycles. The monoisotopic (exact) mass is 239 g/mol. The Hall–Kier alpha value is -2.00. The maximum atomic E-state index is 12.2. The highest BCUT2D eigenvalue weighted by atomic mass is 32.1. The van der Waals surface area contributed by atoms with Gasteiger partial charge in [-0.25, -0.2) is 4.98 Å². The van der Waals surface area contributed by atoms with Crippen molar-refractivity contribution in [3.8, 4) is 0 Å². The van der Waals surface area contributed by atoms with Crippen LogP contribution >= 0.6 is 11.3 Å². The standard InChI is InChI=1S/C14H9NOS/c16-13(10-5-2-1-3-6-10)12-9-11-7-4-8-15-14(11)17-12/h1-9H. The first-order valence-corrected chi connectivity index (χ1v) is 6.10. The van der Waals surface area contributed by atoms with E-state index in [2.05, 4.69) is 4.98 Å². The van der Waals surface area contributed by atoms with Crippen molar-refractivity contribution in [2.24, 2.45) is 0 Å². The molecule has 0 amide bonds. The first kappa shape index (κ1) is 10.2. The number of nitrogens with zero attached hydrogens (tertiary/aromatic N) is 1. The lowest BCUT2D eigenvalue weighted by Gasteiger charge is -1.95. The number of aromatic nitrogens is 1. The van der Waals surface area contributed by atoms with Gasteiger partial charge in [0.15, 0.2) is 0 Å². The lowest BCUT2D eigenvalue weighted by molar-refractivity contribution is 0.104. The predicted molar refractivity (Wildman–Crippen MR) is 69.5 cm³/mol. The van der Waals surface area contributed by atoms with Crippen molar-refractivity contribution in [2.75, 3.05) is 0 Å². The van der Waals surface area contributed by atoms with Crippen LogP contribution in [0.4, 0.5) is 0 Å². The van der Waals surface area contributed by atoms with E-state index in [0.717, 1.165) is 20.7 Å². The first-order chi connectivity index (χ1) is 8.34. The van der Waals surface area contributed by atoms with Gasteiger partial charge in [-0.3, -0.25) is 4.79 Å². The molecule has 0 aliphatic carbocycles. The highest BCUT2D eigenvalue weighted by Gasteiger charge is 2.12.